The summed E-state index contributed by atoms with van der Waals surface area (Å²) in [7, 11) is 0. The molecule has 0 saturated carbocycles. The molecule has 0 fully saturated rings. The molecule has 0 aliphatic carbocycles. The largest absolute Gasteiger partial charge is 0.507 e. The highest BCUT2D eigenvalue weighted by atomic mass is 16.3. The Morgan fingerprint density at radius 1 is 0.588 bits per heavy atom. The van der Waals surface area contributed by atoms with Crippen LogP contribution in [-0.2, 0) is 11.8 Å². The first-order valence-electron chi connectivity index (χ1n) is 11.5. The number of para-hydroxylation sites is 1. The van der Waals surface area contributed by atoms with Crippen molar-refractivity contribution in [2.75, 3.05) is 0 Å². The van der Waals surface area contributed by atoms with E-state index in [4.69, 9.17) is 0 Å². The molecule has 0 saturated heterocycles. The summed E-state index contributed by atoms with van der Waals surface area (Å²) in [5, 5.41) is 37.3. The molecule has 5 aromatic carbocycles. The van der Waals surface area contributed by atoms with Gasteiger partial charge < -0.3 is 15.3 Å². The Morgan fingerprint density at radius 2 is 1.24 bits per heavy atom. The monoisotopic (exact) mass is 448 g/mol. The van der Waals surface area contributed by atoms with Crippen molar-refractivity contribution in [3.05, 3.63) is 102 Å². The summed E-state index contributed by atoms with van der Waals surface area (Å²) in [5.74, 6) is 0.497. The normalized spacial score (nSPS) is 11.9. The van der Waals surface area contributed by atoms with Crippen molar-refractivity contribution < 1.29 is 15.3 Å². The number of rotatable bonds is 3. The second kappa shape index (κ2) is 8.11. The van der Waals surface area contributed by atoms with E-state index < -0.39 is 0 Å². The minimum atomic E-state index is -0.203. The Bertz CT molecular complexity index is 1540. The minimum Gasteiger partial charge on any atom is -0.507 e. The third-order valence-electron chi connectivity index (χ3n) is 6.57. The molecule has 0 spiro atoms. The van der Waals surface area contributed by atoms with Gasteiger partial charge in [-0.3, -0.25) is 0 Å². The van der Waals surface area contributed by atoms with Gasteiger partial charge in [0.05, 0.1) is 0 Å². The molecule has 0 bridgehead atoms. The van der Waals surface area contributed by atoms with Gasteiger partial charge in [-0.15, -0.1) is 0 Å². The minimum absolute atomic E-state index is 0.117. The van der Waals surface area contributed by atoms with Gasteiger partial charge in [-0.2, -0.15) is 0 Å². The summed E-state index contributed by atoms with van der Waals surface area (Å²) in [6.07, 6.45) is 0.366. The lowest BCUT2D eigenvalue weighted by atomic mass is 9.84. The maximum Gasteiger partial charge on any atom is 0.127 e. The van der Waals surface area contributed by atoms with Gasteiger partial charge in [0, 0.05) is 17.5 Å². The van der Waals surface area contributed by atoms with Crippen LogP contribution in [0, 0.1) is 0 Å². The third kappa shape index (κ3) is 3.63. The van der Waals surface area contributed by atoms with Crippen molar-refractivity contribution in [1.29, 1.82) is 0 Å². The summed E-state index contributed by atoms with van der Waals surface area (Å²) in [5.41, 5.74) is 3.34. The Morgan fingerprint density at radius 3 is 1.94 bits per heavy atom. The van der Waals surface area contributed by atoms with Gasteiger partial charge in [0.1, 0.15) is 17.2 Å². The van der Waals surface area contributed by atoms with Crippen LogP contribution < -0.4 is 0 Å². The Labute approximate surface area is 199 Å². The van der Waals surface area contributed by atoms with E-state index in [9.17, 15) is 15.3 Å². The van der Waals surface area contributed by atoms with Crippen LogP contribution in [0.25, 0.3) is 32.7 Å². The van der Waals surface area contributed by atoms with Crippen LogP contribution in [0.1, 0.15) is 37.5 Å². The summed E-state index contributed by atoms with van der Waals surface area (Å²) in [4.78, 5) is 0. The van der Waals surface area contributed by atoms with E-state index in [1.165, 1.54) is 0 Å². The number of benzene rings is 5. The van der Waals surface area contributed by atoms with Crippen molar-refractivity contribution in [2.24, 2.45) is 0 Å². The van der Waals surface area contributed by atoms with Crippen LogP contribution >= 0.6 is 0 Å². The zero-order valence-corrected chi connectivity index (χ0v) is 19.6. The molecule has 0 atom stereocenters. The van der Waals surface area contributed by atoms with Gasteiger partial charge in [0.25, 0.3) is 0 Å². The second-order valence-corrected chi connectivity index (χ2v) is 9.90. The van der Waals surface area contributed by atoms with E-state index in [0.717, 1.165) is 32.7 Å². The van der Waals surface area contributed by atoms with Gasteiger partial charge in [0.15, 0.2) is 0 Å². The summed E-state index contributed by atoms with van der Waals surface area (Å²) >= 11 is 0. The molecule has 0 aliphatic rings. The molecule has 170 valence electrons. The molecule has 5 aromatic rings. The summed E-state index contributed by atoms with van der Waals surface area (Å²) in [6, 6.07) is 27.1. The summed E-state index contributed by atoms with van der Waals surface area (Å²) in [6.45, 7) is 6.21. The van der Waals surface area contributed by atoms with Crippen LogP contribution in [0.3, 0.4) is 0 Å². The predicted molar refractivity (Wildman–Crippen MR) is 140 cm³/mol. The number of hydrogen-bond donors (Lipinski definition) is 3. The first-order valence-corrected chi connectivity index (χ1v) is 11.5. The SMILES string of the molecule is CC(C)(C)c1cccc(Cc2cc3ccccc3c(-c3c(O)ccc4ccccc34)c2O)c1O. The highest BCUT2D eigenvalue weighted by Gasteiger charge is 2.23. The van der Waals surface area contributed by atoms with Crippen molar-refractivity contribution >= 4 is 21.5 Å². The molecule has 0 radical (unpaired) electrons. The van der Waals surface area contributed by atoms with Crippen molar-refractivity contribution in [2.45, 2.75) is 32.6 Å². The Balaban J connectivity index is 1.78. The topological polar surface area (TPSA) is 60.7 Å². The molecule has 0 amide bonds. The fraction of sp³-hybridized carbons (Fsp3) is 0.161. The van der Waals surface area contributed by atoms with Crippen molar-refractivity contribution in [1.82, 2.24) is 0 Å². The highest BCUT2D eigenvalue weighted by molar-refractivity contribution is 6.10. The molecule has 0 unspecified atom stereocenters. The molecule has 3 nitrogen and oxygen atoms in total. The number of aromatic hydroxyl groups is 3. The number of phenolic OH excluding ortho intramolecular Hbond substituents is 3. The van der Waals surface area contributed by atoms with Crippen LogP contribution in [-0.4, -0.2) is 15.3 Å². The van der Waals surface area contributed by atoms with Gasteiger partial charge in [-0.25, -0.2) is 0 Å². The van der Waals surface area contributed by atoms with E-state index in [2.05, 4.69) is 20.8 Å². The maximum atomic E-state index is 11.6. The van der Waals surface area contributed by atoms with Crippen molar-refractivity contribution in [3.8, 4) is 28.4 Å². The van der Waals surface area contributed by atoms with Gasteiger partial charge in [-0.1, -0.05) is 93.6 Å². The van der Waals surface area contributed by atoms with Crippen LogP contribution in [0.2, 0.25) is 0 Å². The Hall–Kier alpha value is -3.98. The summed E-state index contributed by atoms with van der Waals surface area (Å²) < 4.78 is 0. The fourth-order valence-electron chi connectivity index (χ4n) is 4.85. The van der Waals surface area contributed by atoms with Crippen LogP contribution in [0.5, 0.6) is 17.2 Å². The molecule has 34 heavy (non-hydrogen) atoms. The van der Waals surface area contributed by atoms with E-state index in [1.54, 1.807) is 6.07 Å². The lowest BCUT2D eigenvalue weighted by Gasteiger charge is -2.22. The number of phenols is 3. The molecule has 5 rings (SSSR count). The average molecular weight is 449 g/mol. The second-order valence-electron chi connectivity index (χ2n) is 9.90. The van der Waals surface area contributed by atoms with E-state index in [0.29, 0.717) is 23.1 Å². The van der Waals surface area contributed by atoms with Crippen LogP contribution in [0.4, 0.5) is 0 Å². The molecule has 3 heteroatoms. The van der Waals surface area contributed by atoms with E-state index in [-0.39, 0.29) is 22.7 Å². The molecule has 0 heterocycles. The quantitative estimate of drug-likeness (QED) is 0.265. The highest BCUT2D eigenvalue weighted by Crippen LogP contribution is 2.47. The zero-order chi connectivity index (χ0) is 24.0. The third-order valence-corrected chi connectivity index (χ3v) is 6.57. The molecule has 3 N–H and O–H groups in total. The fourth-order valence-corrected chi connectivity index (χ4v) is 4.85. The van der Waals surface area contributed by atoms with Gasteiger partial charge in [-0.05, 0) is 55.8 Å². The number of hydrogen-bond acceptors (Lipinski definition) is 3. The van der Waals surface area contributed by atoms with Crippen molar-refractivity contribution in [3.63, 3.8) is 0 Å². The lowest BCUT2D eigenvalue weighted by molar-refractivity contribution is 0.440. The molecule has 0 aromatic heterocycles. The first-order chi connectivity index (χ1) is 16.3. The molecular formula is C31H28O3. The number of fused-ring (bicyclic) bond motifs is 2. The zero-order valence-electron chi connectivity index (χ0n) is 19.6. The van der Waals surface area contributed by atoms with Crippen LogP contribution in [0.15, 0.2) is 84.9 Å². The average Bonchev–Trinajstić information content (AvgIpc) is 2.81. The van der Waals surface area contributed by atoms with Gasteiger partial charge in [0.2, 0.25) is 0 Å². The van der Waals surface area contributed by atoms with Gasteiger partial charge >= 0.3 is 0 Å². The first kappa shape index (κ1) is 21.8. The Kier molecular flexibility index (Phi) is 5.21. The lowest BCUT2D eigenvalue weighted by Crippen LogP contribution is -2.12. The smallest absolute Gasteiger partial charge is 0.127 e. The standard InChI is InChI=1S/C31H28O3/c1-31(2,3)25-14-8-11-21(29(25)33)18-22-17-20-10-5-7-13-24(20)28(30(22)34)27-23-12-6-4-9-19(23)15-16-26(27)32/h4-17,32-34H,18H2,1-3H3. The maximum absolute atomic E-state index is 11.6. The molecular weight excluding hydrogens is 420 g/mol. The molecule has 0 aliphatic heterocycles. The van der Waals surface area contributed by atoms with E-state index in [1.807, 2.05) is 78.9 Å². The predicted octanol–water partition coefficient (Wildman–Crippen LogP) is 7.67. The van der Waals surface area contributed by atoms with E-state index >= 15 is 0 Å².